The number of nitrogens with zero attached hydrogens (tertiary/aromatic N) is 3. The molecule has 180 valence electrons. The standard InChI is InChI=1S/C18H15ClF3N3O2.C5H13N/c19-14-4-2-12(3-5-14)15-11-25-16(27)13(6-9-26)10-24(17(25)23-15)8-1-7-18(20,21)22;1-3-4-5-6-2/h2-5,9-11H,1,6-8H2;6H,3-5H2,1-2H3. The van der Waals surface area contributed by atoms with E-state index in [0.29, 0.717) is 22.6 Å². The van der Waals surface area contributed by atoms with E-state index in [1.54, 1.807) is 24.3 Å². The summed E-state index contributed by atoms with van der Waals surface area (Å²) in [5, 5.41) is 3.61. The van der Waals surface area contributed by atoms with Gasteiger partial charge in [0.05, 0.1) is 5.69 Å². The molecule has 0 saturated carbocycles. The number of carbonyl (C=O) groups excluding carboxylic acids is 1. The van der Waals surface area contributed by atoms with E-state index < -0.39 is 18.2 Å². The average Bonchev–Trinajstić information content (AvgIpc) is 3.21. The Morgan fingerprint density at radius 3 is 2.39 bits per heavy atom. The molecule has 33 heavy (non-hydrogen) atoms. The number of nitrogens with one attached hydrogen (secondary N) is 1. The van der Waals surface area contributed by atoms with Crippen LogP contribution in [0.5, 0.6) is 0 Å². The first-order valence-electron chi connectivity index (χ1n) is 10.7. The van der Waals surface area contributed by atoms with Crippen LogP contribution in [0.4, 0.5) is 13.2 Å². The van der Waals surface area contributed by atoms with E-state index in [0.717, 1.165) is 6.54 Å². The minimum atomic E-state index is -4.26. The van der Waals surface area contributed by atoms with Gasteiger partial charge in [0, 0.05) is 47.9 Å². The topological polar surface area (TPSA) is 68.4 Å². The van der Waals surface area contributed by atoms with Crippen LogP contribution in [0, 0.1) is 0 Å². The van der Waals surface area contributed by atoms with Gasteiger partial charge in [-0.2, -0.15) is 13.2 Å². The Bertz CT molecular complexity index is 1090. The summed E-state index contributed by atoms with van der Waals surface area (Å²) in [4.78, 5) is 27.8. The van der Waals surface area contributed by atoms with Gasteiger partial charge in [0.1, 0.15) is 6.29 Å². The maximum atomic E-state index is 12.6. The van der Waals surface area contributed by atoms with Gasteiger partial charge in [-0.25, -0.2) is 4.98 Å². The van der Waals surface area contributed by atoms with Crippen molar-refractivity contribution in [2.45, 2.75) is 51.7 Å². The van der Waals surface area contributed by atoms with Crippen molar-refractivity contribution in [3.63, 3.8) is 0 Å². The van der Waals surface area contributed by atoms with Crippen LogP contribution < -0.4 is 10.9 Å². The second kappa shape index (κ2) is 12.6. The average molecular weight is 485 g/mol. The van der Waals surface area contributed by atoms with Gasteiger partial charge in [-0.05, 0) is 38.6 Å². The minimum absolute atomic E-state index is 0.0201. The Labute approximate surface area is 195 Å². The third kappa shape index (κ3) is 8.01. The molecule has 0 amide bonds. The van der Waals surface area contributed by atoms with Gasteiger partial charge in [0.2, 0.25) is 5.78 Å². The predicted molar refractivity (Wildman–Crippen MR) is 124 cm³/mol. The molecule has 1 aromatic carbocycles. The lowest BCUT2D eigenvalue weighted by Crippen LogP contribution is -2.22. The van der Waals surface area contributed by atoms with E-state index in [9.17, 15) is 22.8 Å². The third-order valence-electron chi connectivity index (χ3n) is 4.83. The number of imidazole rings is 1. The van der Waals surface area contributed by atoms with Crippen molar-refractivity contribution in [2.24, 2.45) is 0 Å². The Hall–Kier alpha value is -2.65. The van der Waals surface area contributed by atoms with E-state index in [1.807, 2.05) is 7.05 Å². The second-order valence-corrected chi connectivity index (χ2v) is 7.94. The summed E-state index contributed by atoms with van der Waals surface area (Å²) in [5.74, 6) is 0.224. The van der Waals surface area contributed by atoms with Crippen LogP contribution in [0.3, 0.4) is 0 Å². The molecule has 0 aliphatic heterocycles. The van der Waals surface area contributed by atoms with Gasteiger partial charge in [0.15, 0.2) is 0 Å². The largest absolute Gasteiger partial charge is 0.389 e. The molecule has 0 unspecified atom stereocenters. The van der Waals surface area contributed by atoms with Gasteiger partial charge < -0.3 is 14.7 Å². The lowest BCUT2D eigenvalue weighted by molar-refractivity contribution is -0.135. The minimum Gasteiger partial charge on any atom is -0.320 e. The zero-order chi connectivity index (χ0) is 24.4. The number of aryl methyl sites for hydroxylation is 1. The summed E-state index contributed by atoms with van der Waals surface area (Å²) in [6.07, 6.45) is 0.603. The summed E-state index contributed by atoms with van der Waals surface area (Å²) in [6.45, 7) is 3.38. The fourth-order valence-corrected chi connectivity index (χ4v) is 3.26. The van der Waals surface area contributed by atoms with Crippen molar-refractivity contribution in [2.75, 3.05) is 13.6 Å². The highest BCUT2D eigenvalue weighted by molar-refractivity contribution is 6.30. The van der Waals surface area contributed by atoms with Crippen molar-refractivity contribution < 1.29 is 18.0 Å². The number of benzene rings is 1. The first-order chi connectivity index (χ1) is 15.7. The number of unbranched alkanes of at least 4 members (excludes halogenated alkanes) is 1. The Kier molecular flexibility index (Phi) is 10.1. The van der Waals surface area contributed by atoms with Gasteiger partial charge in [-0.1, -0.05) is 37.1 Å². The SMILES string of the molecule is CCCCNC.O=CCc1cn(CCCC(F)(F)F)c2nc(-c3ccc(Cl)cc3)cn2c1=O. The number of aromatic nitrogens is 3. The maximum Gasteiger partial charge on any atom is 0.389 e. The van der Waals surface area contributed by atoms with Gasteiger partial charge in [-0.15, -0.1) is 0 Å². The van der Waals surface area contributed by atoms with Crippen LogP contribution in [-0.4, -0.2) is 40.0 Å². The van der Waals surface area contributed by atoms with Crippen LogP contribution in [0.1, 0.15) is 38.2 Å². The summed E-state index contributed by atoms with van der Waals surface area (Å²) < 4.78 is 40.1. The maximum absolute atomic E-state index is 12.6. The number of carbonyl (C=O) groups is 1. The normalized spacial score (nSPS) is 11.3. The second-order valence-electron chi connectivity index (χ2n) is 7.50. The number of hydrogen-bond acceptors (Lipinski definition) is 4. The van der Waals surface area contributed by atoms with Crippen molar-refractivity contribution >= 4 is 23.7 Å². The first kappa shape index (κ1) is 26.6. The van der Waals surface area contributed by atoms with E-state index in [1.165, 1.54) is 34.2 Å². The number of hydrogen-bond donors (Lipinski definition) is 1. The molecule has 10 heteroatoms. The highest BCUT2D eigenvalue weighted by Gasteiger charge is 2.26. The molecule has 1 N–H and O–H groups in total. The molecule has 0 aliphatic carbocycles. The van der Waals surface area contributed by atoms with Gasteiger partial charge in [-0.3, -0.25) is 9.20 Å². The van der Waals surface area contributed by atoms with Crippen LogP contribution in [-0.2, 0) is 17.8 Å². The van der Waals surface area contributed by atoms with Crippen molar-refractivity contribution in [1.82, 2.24) is 19.3 Å². The number of halogens is 4. The summed E-state index contributed by atoms with van der Waals surface area (Å²) in [5.41, 5.74) is 0.972. The molecule has 2 heterocycles. The number of alkyl halides is 3. The quantitative estimate of drug-likeness (QED) is 0.346. The van der Waals surface area contributed by atoms with Crippen LogP contribution in [0.15, 0.2) is 41.5 Å². The fraction of sp³-hybridized carbons (Fsp3) is 0.435. The molecular formula is C23H28ClF3N4O2. The lowest BCUT2D eigenvalue weighted by Gasteiger charge is -2.11. The summed E-state index contributed by atoms with van der Waals surface area (Å²) >= 11 is 5.87. The molecule has 0 aliphatic rings. The molecular weight excluding hydrogens is 457 g/mol. The smallest absolute Gasteiger partial charge is 0.320 e. The monoisotopic (exact) mass is 484 g/mol. The zero-order valence-corrected chi connectivity index (χ0v) is 19.4. The number of rotatable bonds is 9. The molecule has 0 spiro atoms. The zero-order valence-electron chi connectivity index (χ0n) is 18.7. The number of aldehydes is 1. The van der Waals surface area contributed by atoms with Crippen molar-refractivity contribution in [3.8, 4) is 11.3 Å². The fourth-order valence-electron chi connectivity index (χ4n) is 3.14. The summed E-state index contributed by atoms with van der Waals surface area (Å²) in [6, 6.07) is 6.81. The molecule has 0 bridgehead atoms. The van der Waals surface area contributed by atoms with E-state index >= 15 is 0 Å². The Morgan fingerprint density at radius 2 is 1.85 bits per heavy atom. The highest BCUT2D eigenvalue weighted by Crippen LogP contribution is 2.23. The Morgan fingerprint density at radius 1 is 1.15 bits per heavy atom. The molecule has 0 saturated heterocycles. The molecule has 3 aromatic rings. The molecule has 2 aromatic heterocycles. The summed E-state index contributed by atoms with van der Waals surface area (Å²) in [7, 11) is 1.98. The third-order valence-corrected chi connectivity index (χ3v) is 5.08. The van der Waals surface area contributed by atoms with Crippen molar-refractivity contribution in [1.29, 1.82) is 0 Å². The molecule has 0 fully saturated rings. The van der Waals surface area contributed by atoms with Crippen LogP contribution >= 0.6 is 11.6 Å². The molecule has 3 rings (SSSR count). The lowest BCUT2D eigenvalue weighted by atomic mass is 10.2. The van der Waals surface area contributed by atoms with Gasteiger partial charge >= 0.3 is 6.18 Å². The van der Waals surface area contributed by atoms with Crippen LogP contribution in [0.2, 0.25) is 5.02 Å². The van der Waals surface area contributed by atoms with Gasteiger partial charge in [0.25, 0.3) is 5.56 Å². The highest BCUT2D eigenvalue weighted by atomic mass is 35.5. The molecule has 0 radical (unpaired) electrons. The van der Waals surface area contributed by atoms with E-state index in [4.69, 9.17) is 11.6 Å². The van der Waals surface area contributed by atoms with Crippen LogP contribution in [0.25, 0.3) is 17.0 Å². The van der Waals surface area contributed by atoms with E-state index in [2.05, 4.69) is 17.2 Å². The number of fused-ring (bicyclic) bond motifs is 1. The van der Waals surface area contributed by atoms with Crippen molar-refractivity contribution in [3.05, 3.63) is 57.6 Å². The first-order valence-corrected chi connectivity index (χ1v) is 11.1. The van der Waals surface area contributed by atoms with E-state index in [-0.39, 0.29) is 30.7 Å². The predicted octanol–water partition coefficient (Wildman–Crippen LogP) is 4.91. The molecule has 0 atom stereocenters. The molecule has 6 nitrogen and oxygen atoms in total. The Balaban J connectivity index is 0.000000569.